The number of ether oxygens (including phenoxy) is 3. The van der Waals surface area contributed by atoms with Gasteiger partial charge in [-0.1, -0.05) is 32.0 Å². The quantitative estimate of drug-likeness (QED) is 0.643. The Morgan fingerprint density at radius 3 is 2.72 bits per heavy atom. The predicted molar refractivity (Wildman–Crippen MR) is 130 cm³/mol. The summed E-state index contributed by atoms with van der Waals surface area (Å²) in [6.45, 7) is 6.29. The van der Waals surface area contributed by atoms with Gasteiger partial charge in [0.2, 0.25) is 0 Å². The van der Waals surface area contributed by atoms with E-state index in [1.54, 1.807) is 19.2 Å². The Labute approximate surface area is 212 Å². The second-order valence-electron chi connectivity index (χ2n) is 12.6. The monoisotopic (exact) mass is 495 g/mol. The van der Waals surface area contributed by atoms with Crippen LogP contribution < -0.4 is 0 Å². The number of fused-ring (bicyclic) bond motifs is 2. The lowest BCUT2D eigenvalue weighted by atomic mass is 9.42. The largest absolute Gasteiger partial charge is 0.462 e. The van der Waals surface area contributed by atoms with Crippen LogP contribution >= 0.6 is 0 Å². The molecule has 36 heavy (non-hydrogen) atoms. The van der Waals surface area contributed by atoms with Crippen LogP contribution in [0.3, 0.4) is 0 Å². The van der Waals surface area contributed by atoms with Gasteiger partial charge in [-0.05, 0) is 62.1 Å². The van der Waals surface area contributed by atoms with E-state index in [4.69, 9.17) is 14.2 Å². The molecule has 0 amide bonds. The number of piperidine rings is 1. The topological polar surface area (TPSA) is 85.3 Å². The molecular formula is C29H37NO6. The molecule has 194 valence electrons. The van der Waals surface area contributed by atoms with Crippen molar-refractivity contribution in [2.24, 2.45) is 34.5 Å². The van der Waals surface area contributed by atoms with Crippen molar-refractivity contribution >= 4 is 11.9 Å². The molecular weight excluding hydrogens is 458 g/mol. The minimum absolute atomic E-state index is 0.00435. The molecule has 3 saturated heterocycles. The van der Waals surface area contributed by atoms with Crippen LogP contribution in [0.15, 0.2) is 30.3 Å². The van der Waals surface area contributed by atoms with Crippen LogP contribution in [0.2, 0.25) is 0 Å². The normalized spacial score (nSPS) is 50.4. The van der Waals surface area contributed by atoms with Gasteiger partial charge in [0.1, 0.15) is 12.2 Å². The van der Waals surface area contributed by atoms with E-state index in [2.05, 4.69) is 18.7 Å². The van der Waals surface area contributed by atoms with Gasteiger partial charge in [0.25, 0.3) is 0 Å². The van der Waals surface area contributed by atoms with E-state index in [1.807, 2.05) is 18.2 Å². The molecule has 9 bridgehead atoms. The van der Waals surface area contributed by atoms with Gasteiger partial charge in [-0.3, -0.25) is 9.69 Å². The molecule has 3 aliphatic heterocycles. The fraction of sp³-hybridized carbons (Fsp3) is 0.724. The summed E-state index contributed by atoms with van der Waals surface area (Å²) >= 11 is 0. The molecule has 7 fully saturated rings. The van der Waals surface area contributed by atoms with Crippen LogP contribution in [-0.4, -0.2) is 72.1 Å². The molecule has 3 heterocycles. The van der Waals surface area contributed by atoms with E-state index < -0.39 is 17.6 Å². The van der Waals surface area contributed by atoms with Crippen LogP contribution in [0.1, 0.15) is 56.3 Å². The molecule has 4 saturated carbocycles. The maximum Gasteiger partial charge on any atom is 0.338 e. The highest BCUT2D eigenvalue weighted by Crippen LogP contribution is 2.77. The summed E-state index contributed by atoms with van der Waals surface area (Å²) in [5.74, 6) is -1.62. The van der Waals surface area contributed by atoms with Gasteiger partial charge in [0, 0.05) is 36.9 Å². The molecule has 8 rings (SSSR count). The van der Waals surface area contributed by atoms with Gasteiger partial charge in [0.05, 0.1) is 23.2 Å². The number of hydrogen-bond acceptors (Lipinski definition) is 7. The van der Waals surface area contributed by atoms with Crippen molar-refractivity contribution < 1.29 is 28.9 Å². The number of likely N-dealkylation sites (tertiary alicyclic amines) is 1. The Bertz CT molecular complexity index is 1090. The van der Waals surface area contributed by atoms with Gasteiger partial charge >= 0.3 is 11.9 Å². The summed E-state index contributed by atoms with van der Waals surface area (Å²) in [6, 6.07) is 9.13. The van der Waals surface area contributed by atoms with Gasteiger partial charge in [-0.2, -0.15) is 0 Å². The van der Waals surface area contributed by atoms with Gasteiger partial charge in [-0.25, -0.2) is 4.79 Å². The third kappa shape index (κ3) is 2.60. The second-order valence-corrected chi connectivity index (χ2v) is 12.6. The first-order valence-electron chi connectivity index (χ1n) is 13.8. The number of methoxy groups -OCH3 is 1. The van der Waals surface area contributed by atoms with E-state index in [-0.39, 0.29) is 58.8 Å². The lowest BCUT2D eigenvalue weighted by Gasteiger charge is -2.69. The molecule has 7 aliphatic rings. The summed E-state index contributed by atoms with van der Waals surface area (Å²) < 4.78 is 18.7. The van der Waals surface area contributed by atoms with Crippen molar-refractivity contribution in [3.8, 4) is 0 Å². The van der Waals surface area contributed by atoms with Crippen LogP contribution in [0.4, 0.5) is 0 Å². The van der Waals surface area contributed by atoms with Gasteiger partial charge in [-0.15, -0.1) is 0 Å². The smallest absolute Gasteiger partial charge is 0.338 e. The van der Waals surface area contributed by atoms with E-state index in [1.165, 1.54) is 0 Å². The summed E-state index contributed by atoms with van der Waals surface area (Å²) in [5, 5.41) is 12.6. The van der Waals surface area contributed by atoms with E-state index in [0.717, 1.165) is 32.4 Å². The number of aliphatic hydroxyl groups is 1. The van der Waals surface area contributed by atoms with Crippen LogP contribution in [0, 0.1) is 34.5 Å². The Balaban J connectivity index is 1.46. The predicted octanol–water partition coefficient (Wildman–Crippen LogP) is 3.05. The zero-order chi connectivity index (χ0) is 25.0. The highest BCUT2D eigenvalue weighted by Gasteiger charge is 2.85. The molecule has 1 N–H and O–H groups in total. The maximum absolute atomic E-state index is 13.5. The SMILES string of the molecule is CCN1C[C@]2(C)CC[C@H](OC)C34C5C[C@@H]6CC[C@@](O)(C5C(=O)O6)C(C13)[C@@H](OC(=O)c1ccccc1)[C@@H]42. The lowest BCUT2D eigenvalue weighted by molar-refractivity contribution is -0.269. The molecule has 4 aliphatic carbocycles. The number of hydrogen-bond donors (Lipinski definition) is 1. The number of carbonyl (C=O) groups excluding carboxylic acids is 2. The molecule has 7 heteroatoms. The zero-order valence-corrected chi connectivity index (χ0v) is 21.4. The number of carbonyl (C=O) groups is 2. The minimum atomic E-state index is -1.27. The molecule has 11 atom stereocenters. The third-order valence-electron chi connectivity index (χ3n) is 11.3. The van der Waals surface area contributed by atoms with Gasteiger partial charge in [0.15, 0.2) is 0 Å². The van der Waals surface area contributed by atoms with Crippen molar-refractivity contribution in [3.63, 3.8) is 0 Å². The fourth-order valence-electron chi connectivity index (χ4n) is 10.5. The van der Waals surface area contributed by atoms with Crippen molar-refractivity contribution in [1.29, 1.82) is 0 Å². The zero-order valence-electron chi connectivity index (χ0n) is 21.4. The average Bonchev–Trinajstić information content (AvgIpc) is 2.92. The summed E-state index contributed by atoms with van der Waals surface area (Å²) in [7, 11) is 1.79. The summed E-state index contributed by atoms with van der Waals surface area (Å²) in [6.07, 6.45) is 3.10. The van der Waals surface area contributed by atoms with Crippen molar-refractivity contribution in [2.45, 2.75) is 75.9 Å². The van der Waals surface area contributed by atoms with E-state index in [9.17, 15) is 14.7 Å². The maximum atomic E-state index is 13.5. The highest BCUT2D eigenvalue weighted by atomic mass is 16.6. The van der Waals surface area contributed by atoms with Crippen molar-refractivity contribution in [3.05, 3.63) is 35.9 Å². The highest BCUT2D eigenvalue weighted by molar-refractivity contribution is 5.89. The second kappa shape index (κ2) is 7.55. The standard InChI is InChI=1S/C29H37NO6/c1-4-30-15-27(2)12-11-19(34-3)29-18-14-17-10-13-28(33,20(18)26(32)35-17)21(24(29)30)22(23(27)29)36-25(31)16-8-6-5-7-9-16/h5-9,17-24,33H,4,10-15H2,1-3H3/t17-,18?,19-,20?,21?,22+,23+,24?,27-,28+,29?/m0/s1. The molecule has 1 spiro atoms. The first-order chi connectivity index (χ1) is 17.3. The fourth-order valence-corrected chi connectivity index (χ4v) is 10.5. The molecule has 1 aromatic rings. The lowest BCUT2D eigenvalue weighted by Crippen LogP contribution is -2.76. The number of esters is 2. The molecule has 1 aromatic carbocycles. The van der Waals surface area contributed by atoms with Crippen LogP contribution in [-0.2, 0) is 19.0 Å². The molecule has 0 radical (unpaired) electrons. The Kier molecular flexibility index (Phi) is 4.86. The van der Waals surface area contributed by atoms with E-state index in [0.29, 0.717) is 18.4 Å². The van der Waals surface area contributed by atoms with Crippen LogP contribution in [0.5, 0.6) is 0 Å². The molecule has 0 aromatic heterocycles. The van der Waals surface area contributed by atoms with Gasteiger partial charge < -0.3 is 19.3 Å². The average molecular weight is 496 g/mol. The Hall–Kier alpha value is -1.96. The minimum Gasteiger partial charge on any atom is -0.462 e. The molecule has 5 unspecified atom stereocenters. The number of benzene rings is 1. The number of rotatable bonds is 4. The number of nitrogens with zero attached hydrogens (tertiary/aromatic N) is 1. The molecule has 7 nitrogen and oxygen atoms in total. The summed E-state index contributed by atoms with van der Waals surface area (Å²) in [4.78, 5) is 29.6. The Morgan fingerprint density at radius 1 is 1.22 bits per heavy atom. The Morgan fingerprint density at radius 2 is 2.00 bits per heavy atom. The third-order valence-corrected chi connectivity index (χ3v) is 11.3. The van der Waals surface area contributed by atoms with E-state index >= 15 is 0 Å². The first kappa shape index (κ1) is 23.2. The van der Waals surface area contributed by atoms with Crippen molar-refractivity contribution in [1.82, 2.24) is 4.90 Å². The van der Waals surface area contributed by atoms with Crippen molar-refractivity contribution in [2.75, 3.05) is 20.2 Å². The summed E-state index contributed by atoms with van der Waals surface area (Å²) in [5.41, 5.74) is -1.23. The first-order valence-corrected chi connectivity index (χ1v) is 13.8. The van der Waals surface area contributed by atoms with Crippen LogP contribution in [0.25, 0.3) is 0 Å².